The zero-order valence-electron chi connectivity index (χ0n) is 9.91. The molecule has 0 bridgehead atoms. The van der Waals surface area contributed by atoms with Crippen LogP contribution in [0.25, 0.3) is 11.1 Å². The van der Waals surface area contributed by atoms with Gasteiger partial charge < -0.3 is 9.30 Å². The Bertz CT molecular complexity index is 652. The Hall–Kier alpha value is -1.81. The van der Waals surface area contributed by atoms with Crippen LogP contribution >= 0.6 is 11.6 Å². The van der Waals surface area contributed by atoms with Crippen molar-refractivity contribution < 1.29 is 9.13 Å². The summed E-state index contributed by atoms with van der Waals surface area (Å²) in [7, 11) is 3.05. The Kier molecular flexibility index (Phi) is 3.39. The third-order valence-corrected chi connectivity index (χ3v) is 3.04. The van der Waals surface area contributed by atoms with Gasteiger partial charge in [-0.25, -0.2) is 4.39 Å². The molecule has 0 aliphatic rings. The van der Waals surface area contributed by atoms with Crippen LogP contribution in [0.4, 0.5) is 4.39 Å². The molecule has 94 valence electrons. The Morgan fingerprint density at radius 3 is 2.61 bits per heavy atom. The fourth-order valence-electron chi connectivity index (χ4n) is 1.66. The average Bonchev–Trinajstić information content (AvgIpc) is 2.35. The van der Waals surface area contributed by atoms with Crippen LogP contribution in [-0.4, -0.2) is 11.7 Å². The Balaban J connectivity index is 2.69. The summed E-state index contributed by atoms with van der Waals surface area (Å²) in [6.45, 7) is 0. The van der Waals surface area contributed by atoms with E-state index in [1.807, 2.05) is 0 Å². The van der Waals surface area contributed by atoms with Gasteiger partial charge >= 0.3 is 0 Å². The monoisotopic (exact) mass is 267 g/mol. The summed E-state index contributed by atoms with van der Waals surface area (Å²) < 4.78 is 19.7. The van der Waals surface area contributed by atoms with Crippen LogP contribution in [0.15, 0.2) is 35.1 Å². The average molecular weight is 268 g/mol. The van der Waals surface area contributed by atoms with E-state index >= 15 is 0 Å². The molecule has 0 amide bonds. The zero-order chi connectivity index (χ0) is 13.3. The molecule has 1 heterocycles. The van der Waals surface area contributed by atoms with Crippen LogP contribution in [0, 0.1) is 5.82 Å². The number of methoxy groups -OCH3 is 1. The first-order valence-corrected chi connectivity index (χ1v) is 5.61. The standard InChI is InChI=1S/C13H11ClFNO2/c1-16-12(14)5-8(6-13(16)17)10-7-9(15)3-4-11(10)18-2/h3-7H,1-2H3. The SMILES string of the molecule is COc1ccc(F)cc1-c1cc(Cl)n(C)c(=O)c1. The number of benzene rings is 1. The number of hydrogen-bond acceptors (Lipinski definition) is 2. The highest BCUT2D eigenvalue weighted by Crippen LogP contribution is 2.30. The summed E-state index contributed by atoms with van der Waals surface area (Å²) in [5.74, 6) is 0.0864. The van der Waals surface area contributed by atoms with E-state index in [1.165, 1.54) is 35.9 Å². The predicted octanol–water partition coefficient (Wildman–Crippen LogP) is 2.85. The van der Waals surface area contributed by atoms with Crippen molar-refractivity contribution in [3.63, 3.8) is 0 Å². The molecular formula is C13H11ClFNO2. The second-order valence-electron chi connectivity index (χ2n) is 3.81. The van der Waals surface area contributed by atoms with E-state index in [2.05, 4.69) is 0 Å². The van der Waals surface area contributed by atoms with E-state index in [1.54, 1.807) is 13.1 Å². The largest absolute Gasteiger partial charge is 0.496 e. The first-order valence-electron chi connectivity index (χ1n) is 5.23. The maximum atomic E-state index is 13.3. The summed E-state index contributed by atoms with van der Waals surface area (Å²) in [4.78, 5) is 11.7. The van der Waals surface area contributed by atoms with E-state index in [4.69, 9.17) is 16.3 Å². The molecule has 2 rings (SSSR count). The summed E-state index contributed by atoms with van der Waals surface area (Å²) in [5.41, 5.74) is 0.764. The van der Waals surface area contributed by atoms with Gasteiger partial charge in [0.25, 0.3) is 5.56 Å². The maximum absolute atomic E-state index is 13.3. The van der Waals surface area contributed by atoms with Gasteiger partial charge in [-0.1, -0.05) is 11.6 Å². The maximum Gasteiger partial charge on any atom is 0.252 e. The number of nitrogens with zero attached hydrogens (tertiary/aromatic N) is 1. The van der Waals surface area contributed by atoms with Gasteiger partial charge in [-0.3, -0.25) is 4.79 Å². The lowest BCUT2D eigenvalue weighted by Crippen LogP contribution is -2.16. The summed E-state index contributed by atoms with van der Waals surface area (Å²) >= 11 is 5.93. The van der Waals surface area contributed by atoms with Crippen LogP contribution < -0.4 is 10.3 Å². The first kappa shape index (κ1) is 12.6. The number of hydrogen-bond donors (Lipinski definition) is 0. The van der Waals surface area contributed by atoms with Crippen LogP contribution in [0.5, 0.6) is 5.75 Å². The van der Waals surface area contributed by atoms with Crippen molar-refractivity contribution in [2.24, 2.45) is 7.05 Å². The molecule has 0 saturated heterocycles. The molecule has 2 aromatic rings. The normalized spacial score (nSPS) is 10.4. The van der Waals surface area contributed by atoms with Crippen molar-refractivity contribution in [3.8, 4) is 16.9 Å². The molecule has 5 heteroatoms. The van der Waals surface area contributed by atoms with E-state index in [-0.39, 0.29) is 10.7 Å². The molecule has 0 spiro atoms. The lowest BCUT2D eigenvalue weighted by Gasteiger charge is -2.10. The molecule has 0 aliphatic carbocycles. The van der Waals surface area contributed by atoms with Gasteiger partial charge in [-0.15, -0.1) is 0 Å². The van der Waals surface area contributed by atoms with Gasteiger partial charge in [-0.2, -0.15) is 0 Å². The van der Waals surface area contributed by atoms with Gasteiger partial charge in [0.15, 0.2) is 0 Å². The Morgan fingerprint density at radius 2 is 2.00 bits per heavy atom. The quantitative estimate of drug-likeness (QED) is 0.784. The second kappa shape index (κ2) is 4.82. The molecule has 0 radical (unpaired) electrons. The molecule has 0 saturated carbocycles. The molecule has 1 aromatic carbocycles. The molecule has 18 heavy (non-hydrogen) atoms. The van der Waals surface area contributed by atoms with Gasteiger partial charge in [0.2, 0.25) is 0 Å². The van der Waals surface area contributed by atoms with Crippen molar-refractivity contribution in [3.05, 3.63) is 51.7 Å². The van der Waals surface area contributed by atoms with Gasteiger partial charge in [0.1, 0.15) is 16.7 Å². The van der Waals surface area contributed by atoms with Crippen molar-refractivity contribution >= 4 is 11.6 Å². The smallest absolute Gasteiger partial charge is 0.252 e. The molecular weight excluding hydrogens is 257 g/mol. The third-order valence-electron chi connectivity index (χ3n) is 2.68. The summed E-state index contributed by atoms with van der Waals surface area (Å²) in [5, 5.41) is 0.281. The summed E-state index contributed by atoms with van der Waals surface area (Å²) in [6.07, 6.45) is 0. The van der Waals surface area contributed by atoms with Crippen molar-refractivity contribution in [2.75, 3.05) is 7.11 Å². The Labute approximate surface area is 108 Å². The van der Waals surface area contributed by atoms with E-state index in [9.17, 15) is 9.18 Å². The highest BCUT2D eigenvalue weighted by Gasteiger charge is 2.10. The number of aromatic nitrogens is 1. The number of ether oxygens (including phenoxy) is 1. The molecule has 0 fully saturated rings. The van der Waals surface area contributed by atoms with Crippen LogP contribution in [-0.2, 0) is 7.05 Å². The van der Waals surface area contributed by atoms with E-state index in [0.29, 0.717) is 16.9 Å². The van der Waals surface area contributed by atoms with Crippen molar-refractivity contribution in [1.29, 1.82) is 0 Å². The van der Waals surface area contributed by atoms with Crippen LogP contribution in [0.3, 0.4) is 0 Å². The molecule has 1 aromatic heterocycles. The minimum Gasteiger partial charge on any atom is -0.496 e. The second-order valence-corrected chi connectivity index (χ2v) is 4.20. The minimum absolute atomic E-state index is 0.260. The van der Waals surface area contributed by atoms with E-state index < -0.39 is 5.82 Å². The predicted molar refractivity (Wildman–Crippen MR) is 68.6 cm³/mol. The summed E-state index contributed by atoms with van der Waals surface area (Å²) in [6, 6.07) is 7.11. The molecule has 0 aliphatic heterocycles. The number of rotatable bonds is 2. The van der Waals surface area contributed by atoms with Crippen molar-refractivity contribution in [2.45, 2.75) is 0 Å². The number of halogens is 2. The lowest BCUT2D eigenvalue weighted by molar-refractivity contribution is 0.415. The minimum atomic E-state index is -0.400. The van der Waals surface area contributed by atoms with Gasteiger partial charge in [0, 0.05) is 18.7 Å². The van der Waals surface area contributed by atoms with Gasteiger partial charge in [-0.05, 0) is 29.8 Å². The highest BCUT2D eigenvalue weighted by atomic mass is 35.5. The van der Waals surface area contributed by atoms with Crippen molar-refractivity contribution in [1.82, 2.24) is 4.57 Å². The highest BCUT2D eigenvalue weighted by molar-refractivity contribution is 6.29. The van der Waals surface area contributed by atoms with E-state index in [0.717, 1.165) is 0 Å². The third kappa shape index (κ3) is 2.24. The molecule has 0 unspecified atom stereocenters. The lowest BCUT2D eigenvalue weighted by atomic mass is 10.1. The number of pyridine rings is 1. The first-order chi connectivity index (χ1) is 8.52. The molecule has 0 N–H and O–H groups in total. The van der Waals surface area contributed by atoms with Crippen LogP contribution in [0.1, 0.15) is 0 Å². The topological polar surface area (TPSA) is 31.2 Å². The fraction of sp³-hybridized carbons (Fsp3) is 0.154. The molecule has 3 nitrogen and oxygen atoms in total. The van der Waals surface area contributed by atoms with Crippen LogP contribution in [0.2, 0.25) is 5.15 Å². The zero-order valence-corrected chi connectivity index (χ0v) is 10.7. The Morgan fingerprint density at radius 1 is 1.28 bits per heavy atom. The molecule has 0 atom stereocenters. The fourth-order valence-corrected chi connectivity index (χ4v) is 1.86. The van der Waals surface area contributed by atoms with Gasteiger partial charge in [0.05, 0.1) is 7.11 Å².